The van der Waals surface area contributed by atoms with Crippen LogP contribution in [0.5, 0.6) is 0 Å². The molecule has 0 saturated heterocycles. The van der Waals surface area contributed by atoms with Crippen molar-refractivity contribution < 1.29 is 19.8 Å². The maximum atomic E-state index is 12.7. The molecule has 0 spiro atoms. The van der Waals surface area contributed by atoms with Crippen LogP contribution in [0.15, 0.2) is 12.2 Å². The number of nitrogens with one attached hydrogen (secondary N) is 2. The third kappa shape index (κ3) is 7.90. The number of carboxylic acids is 1. The lowest BCUT2D eigenvalue weighted by Gasteiger charge is -2.72. The normalized spacial score (nSPS) is 39.6. The summed E-state index contributed by atoms with van der Waals surface area (Å²) in [6.45, 7) is 25.5. The molecule has 0 bridgehead atoms. The average molecular weight is 711 g/mol. The van der Waals surface area contributed by atoms with Crippen LogP contribution < -0.4 is 10.6 Å². The Bertz CT molecular complexity index is 1250. The molecule has 0 aromatic rings. The molecule has 6 heteroatoms. The van der Waals surface area contributed by atoms with E-state index in [1.807, 2.05) is 13.8 Å². The van der Waals surface area contributed by atoms with E-state index >= 15 is 0 Å². The van der Waals surface area contributed by atoms with Gasteiger partial charge < -0.3 is 20.8 Å². The number of fused-ring (bicyclic) bond motifs is 7. The van der Waals surface area contributed by atoms with Crippen LogP contribution in [0, 0.1) is 57.2 Å². The summed E-state index contributed by atoms with van der Waals surface area (Å²) < 4.78 is 0. The molecule has 4 N–H and O–H groups in total. The second-order valence-electron chi connectivity index (χ2n) is 20.6. The van der Waals surface area contributed by atoms with Gasteiger partial charge in [0.15, 0.2) is 0 Å². The number of hydrogen-bond acceptors (Lipinski definition) is 4. The molecule has 4 unspecified atom stereocenters. The largest absolute Gasteiger partial charge is 0.481 e. The van der Waals surface area contributed by atoms with Crippen molar-refractivity contribution in [1.82, 2.24) is 10.6 Å². The van der Waals surface area contributed by atoms with E-state index in [4.69, 9.17) is 5.11 Å². The maximum Gasteiger partial charge on any atom is 0.306 e. The van der Waals surface area contributed by atoms with E-state index in [9.17, 15) is 14.7 Å². The first kappa shape index (κ1) is 40.8. The number of aliphatic hydroxyl groups excluding tert-OH is 1. The molecule has 0 aromatic carbocycles. The zero-order valence-electron chi connectivity index (χ0n) is 34.2. The Hall–Kier alpha value is -1.40. The lowest BCUT2D eigenvalue weighted by Crippen LogP contribution is -2.68. The van der Waals surface area contributed by atoms with Gasteiger partial charge in [0.05, 0.1) is 18.6 Å². The van der Waals surface area contributed by atoms with Crippen LogP contribution in [-0.4, -0.2) is 46.3 Å². The Morgan fingerprint density at radius 1 is 0.824 bits per heavy atom. The lowest BCUT2D eigenvalue weighted by molar-refractivity contribution is -0.231. The molecule has 5 rings (SSSR count). The molecule has 292 valence electrons. The molecule has 1 amide bonds. The fraction of sp³-hybridized carbons (Fsp3) is 0.911. The predicted octanol–water partition coefficient (Wildman–Crippen LogP) is 10.1. The standard InChI is InChI=1S/C45H78N2O4/c1-30(2)28-34(35(48)29-39(50)51)47-38(49)16-13-11-10-12-14-27-46-45-24-19-32(31(3)4)40(45)33-17-18-37-42(7)22-15-21-41(5,6)36(42)20-23-44(37,9)43(33,8)25-26-45/h30,32-37,40,46,48H,3,10-29H2,1-2,4-9H3,(H,47,49)(H,50,51)/t32-,33?,34-,35+,36?,37?,40?,42-,43+,44+,45-/m0/s1. The van der Waals surface area contributed by atoms with Gasteiger partial charge >= 0.3 is 5.97 Å². The number of amides is 1. The van der Waals surface area contributed by atoms with Crippen molar-refractivity contribution in [2.75, 3.05) is 6.54 Å². The molecule has 51 heavy (non-hydrogen) atoms. The molecule has 5 fully saturated rings. The number of carbonyl (C=O) groups excluding carboxylic acids is 1. The summed E-state index contributed by atoms with van der Waals surface area (Å²) in [6, 6.07) is -0.513. The highest BCUT2D eigenvalue weighted by Gasteiger charge is 2.70. The Kier molecular flexibility index (Phi) is 12.6. The van der Waals surface area contributed by atoms with Gasteiger partial charge in [-0.05, 0) is 154 Å². The van der Waals surface area contributed by atoms with Gasteiger partial charge in [0.25, 0.3) is 0 Å². The Labute approximate surface area is 312 Å². The predicted molar refractivity (Wildman–Crippen MR) is 209 cm³/mol. The van der Waals surface area contributed by atoms with Gasteiger partial charge in [-0.2, -0.15) is 0 Å². The molecule has 5 aliphatic rings. The summed E-state index contributed by atoms with van der Waals surface area (Å²) in [4.78, 5) is 23.8. The van der Waals surface area contributed by atoms with Crippen LogP contribution in [0.3, 0.4) is 0 Å². The van der Waals surface area contributed by atoms with Crippen molar-refractivity contribution in [3.8, 4) is 0 Å². The Morgan fingerprint density at radius 2 is 1.53 bits per heavy atom. The molecule has 0 aliphatic heterocycles. The second kappa shape index (κ2) is 15.8. The minimum absolute atomic E-state index is 0.0814. The molecule has 11 atom stereocenters. The monoisotopic (exact) mass is 711 g/mol. The maximum absolute atomic E-state index is 12.7. The first-order valence-electron chi connectivity index (χ1n) is 21.5. The number of rotatable bonds is 16. The first-order valence-corrected chi connectivity index (χ1v) is 21.5. The van der Waals surface area contributed by atoms with E-state index in [1.54, 1.807) is 0 Å². The molecule has 5 saturated carbocycles. The Balaban J connectivity index is 1.14. The van der Waals surface area contributed by atoms with Gasteiger partial charge in [-0.25, -0.2) is 0 Å². The molecule has 5 aliphatic carbocycles. The van der Waals surface area contributed by atoms with Crippen LogP contribution in [0.25, 0.3) is 0 Å². The third-order valence-corrected chi connectivity index (χ3v) is 16.8. The highest BCUT2D eigenvalue weighted by molar-refractivity contribution is 5.76. The van der Waals surface area contributed by atoms with Crippen LogP contribution in [0.2, 0.25) is 0 Å². The van der Waals surface area contributed by atoms with Crippen molar-refractivity contribution in [2.45, 2.75) is 195 Å². The van der Waals surface area contributed by atoms with Crippen LogP contribution in [-0.2, 0) is 9.59 Å². The highest BCUT2D eigenvalue weighted by atomic mass is 16.4. The SMILES string of the molecule is C=C(C)[C@@H]1CC[C@]2(NCCCCCCCC(=O)N[C@@H](CC(C)C)[C@H](O)CC(=O)O)CC[C@]3(C)C(CCC4[C@@]5(C)CCCC(C)(C)C5CC[C@]43C)C12. The van der Waals surface area contributed by atoms with E-state index in [0.29, 0.717) is 46.3 Å². The number of carbonyl (C=O) groups is 2. The molecule has 6 nitrogen and oxygen atoms in total. The van der Waals surface area contributed by atoms with Crippen molar-refractivity contribution in [1.29, 1.82) is 0 Å². The van der Waals surface area contributed by atoms with Crippen molar-refractivity contribution in [2.24, 2.45) is 57.2 Å². The topological polar surface area (TPSA) is 98.7 Å². The minimum atomic E-state index is -1.06. The third-order valence-electron chi connectivity index (χ3n) is 16.8. The molecule has 0 heterocycles. The van der Waals surface area contributed by atoms with E-state index in [2.05, 4.69) is 58.8 Å². The van der Waals surface area contributed by atoms with Crippen LogP contribution in [0.1, 0.15) is 177 Å². The fourth-order valence-electron chi connectivity index (χ4n) is 14.2. The summed E-state index contributed by atoms with van der Waals surface area (Å²) in [7, 11) is 0. The van der Waals surface area contributed by atoms with E-state index in [1.165, 1.54) is 89.0 Å². The number of hydrogen-bond donors (Lipinski definition) is 4. The van der Waals surface area contributed by atoms with E-state index in [-0.39, 0.29) is 23.8 Å². The van der Waals surface area contributed by atoms with Crippen LogP contribution in [0.4, 0.5) is 0 Å². The van der Waals surface area contributed by atoms with E-state index < -0.39 is 18.1 Å². The molecular formula is C45H78N2O4. The summed E-state index contributed by atoms with van der Waals surface area (Å²) in [5.41, 5.74) is 3.46. The lowest BCUT2D eigenvalue weighted by atomic mass is 9.33. The van der Waals surface area contributed by atoms with Gasteiger partial charge in [0.1, 0.15) is 0 Å². The number of aliphatic carboxylic acids is 1. The van der Waals surface area contributed by atoms with Crippen LogP contribution >= 0.6 is 0 Å². The average Bonchev–Trinajstić information content (AvgIpc) is 3.41. The highest BCUT2D eigenvalue weighted by Crippen LogP contribution is 2.76. The summed E-state index contributed by atoms with van der Waals surface area (Å²) in [6.07, 6.45) is 20.1. The van der Waals surface area contributed by atoms with E-state index in [0.717, 1.165) is 43.6 Å². The smallest absolute Gasteiger partial charge is 0.306 e. The zero-order chi connectivity index (χ0) is 37.4. The Morgan fingerprint density at radius 3 is 2.22 bits per heavy atom. The molecule has 0 aromatic heterocycles. The molecular weight excluding hydrogens is 633 g/mol. The second-order valence-corrected chi connectivity index (χ2v) is 20.6. The quantitative estimate of drug-likeness (QED) is 0.0944. The van der Waals surface area contributed by atoms with Crippen molar-refractivity contribution in [3.63, 3.8) is 0 Å². The number of unbranched alkanes of at least 4 members (excludes halogenated alkanes) is 4. The van der Waals surface area contributed by atoms with Crippen molar-refractivity contribution in [3.05, 3.63) is 12.2 Å². The zero-order valence-corrected chi connectivity index (χ0v) is 34.2. The van der Waals surface area contributed by atoms with Gasteiger partial charge in [-0.15, -0.1) is 0 Å². The summed E-state index contributed by atoms with van der Waals surface area (Å²) >= 11 is 0. The van der Waals surface area contributed by atoms with Gasteiger partial charge in [-0.1, -0.05) is 86.3 Å². The summed E-state index contributed by atoms with van der Waals surface area (Å²) in [5, 5.41) is 26.6. The van der Waals surface area contributed by atoms with Crippen molar-refractivity contribution >= 4 is 11.9 Å². The number of allylic oxidation sites excluding steroid dienone is 1. The molecule has 0 radical (unpaired) electrons. The van der Waals surface area contributed by atoms with Gasteiger partial charge in [0.2, 0.25) is 5.91 Å². The summed E-state index contributed by atoms with van der Waals surface area (Å²) in [5.74, 6) is 2.97. The fourth-order valence-corrected chi connectivity index (χ4v) is 14.2. The number of aliphatic hydroxyl groups is 1. The van der Waals surface area contributed by atoms with Gasteiger partial charge in [-0.3, -0.25) is 9.59 Å². The van der Waals surface area contributed by atoms with Gasteiger partial charge in [0, 0.05) is 12.0 Å². The minimum Gasteiger partial charge on any atom is -0.481 e. The first-order chi connectivity index (χ1) is 23.9. The number of carboxylic acid groups (broad SMARTS) is 1.